The Labute approximate surface area is 156 Å². The van der Waals surface area contributed by atoms with Gasteiger partial charge in [-0.25, -0.2) is 8.78 Å². The number of piperidine rings is 1. The van der Waals surface area contributed by atoms with Crippen LogP contribution in [0.15, 0.2) is 42.5 Å². The summed E-state index contributed by atoms with van der Waals surface area (Å²) in [5.41, 5.74) is 1.17. The van der Waals surface area contributed by atoms with Crippen LogP contribution in [0.3, 0.4) is 0 Å². The quantitative estimate of drug-likeness (QED) is 0.794. The molecule has 0 aromatic heterocycles. The first-order valence-corrected chi connectivity index (χ1v) is 8.86. The first-order chi connectivity index (χ1) is 12.5. The lowest BCUT2D eigenvalue weighted by Crippen LogP contribution is -2.34. The Morgan fingerprint density at radius 2 is 1.81 bits per heavy atom. The van der Waals surface area contributed by atoms with E-state index in [0.717, 1.165) is 32.0 Å². The zero-order chi connectivity index (χ0) is 18.5. The van der Waals surface area contributed by atoms with Gasteiger partial charge in [0.15, 0.2) is 5.11 Å². The summed E-state index contributed by atoms with van der Waals surface area (Å²) in [6, 6.07) is 10.1. The molecule has 1 amide bonds. The molecule has 0 unspecified atom stereocenters. The number of thiocarbonyl (C=S) groups is 1. The zero-order valence-electron chi connectivity index (χ0n) is 14.1. The number of amides is 1. The standard InChI is InChI=1S/C19H19F2N3OS/c20-14-6-4-5-13(11-14)18(25)23-19(26)22-15-7-8-17(16(21)12-15)24-9-2-1-3-10-24/h4-8,11-12H,1-3,9-10H2,(H2,22,23,25,26). The largest absolute Gasteiger partial charge is 0.369 e. The molecule has 7 heteroatoms. The Bertz CT molecular complexity index is 822. The monoisotopic (exact) mass is 375 g/mol. The molecule has 3 rings (SSSR count). The van der Waals surface area contributed by atoms with E-state index in [-0.39, 0.29) is 16.5 Å². The Kier molecular flexibility index (Phi) is 5.78. The zero-order valence-corrected chi connectivity index (χ0v) is 14.9. The van der Waals surface area contributed by atoms with Crippen LogP contribution in [0, 0.1) is 11.6 Å². The van der Waals surface area contributed by atoms with Crippen LogP contribution >= 0.6 is 12.2 Å². The van der Waals surface area contributed by atoms with Gasteiger partial charge in [0.25, 0.3) is 5.91 Å². The van der Waals surface area contributed by atoms with Crippen LogP contribution in [-0.2, 0) is 0 Å². The number of hydrogen-bond donors (Lipinski definition) is 2. The highest BCUT2D eigenvalue weighted by Crippen LogP contribution is 2.25. The number of benzene rings is 2. The van der Waals surface area contributed by atoms with Gasteiger partial charge in [0, 0.05) is 24.3 Å². The fourth-order valence-corrected chi connectivity index (χ4v) is 3.15. The molecule has 2 N–H and O–H groups in total. The van der Waals surface area contributed by atoms with Gasteiger partial charge >= 0.3 is 0 Å². The topological polar surface area (TPSA) is 44.4 Å². The fraction of sp³-hybridized carbons (Fsp3) is 0.263. The third-order valence-electron chi connectivity index (χ3n) is 4.22. The maximum absolute atomic E-state index is 14.4. The molecule has 0 atom stereocenters. The predicted octanol–water partition coefficient (Wildman–Crippen LogP) is 4.08. The summed E-state index contributed by atoms with van der Waals surface area (Å²) >= 11 is 5.08. The van der Waals surface area contributed by atoms with Gasteiger partial charge in [0.05, 0.1) is 5.69 Å². The molecule has 0 saturated carbocycles. The maximum Gasteiger partial charge on any atom is 0.257 e. The van der Waals surface area contributed by atoms with Gasteiger partial charge in [-0.2, -0.15) is 0 Å². The van der Waals surface area contributed by atoms with Crippen molar-refractivity contribution in [2.45, 2.75) is 19.3 Å². The summed E-state index contributed by atoms with van der Waals surface area (Å²) in [6.45, 7) is 1.71. The van der Waals surface area contributed by atoms with Crippen LogP contribution in [0.2, 0.25) is 0 Å². The van der Waals surface area contributed by atoms with E-state index in [1.54, 1.807) is 12.1 Å². The summed E-state index contributed by atoms with van der Waals surface area (Å²) in [5.74, 6) is -1.38. The van der Waals surface area contributed by atoms with E-state index < -0.39 is 11.7 Å². The van der Waals surface area contributed by atoms with Crippen molar-refractivity contribution >= 4 is 34.6 Å². The maximum atomic E-state index is 14.4. The fourth-order valence-electron chi connectivity index (χ4n) is 2.94. The van der Waals surface area contributed by atoms with Gasteiger partial charge in [-0.1, -0.05) is 6.07 Å². The Balaban J connectivity index is 1.62. The molecule has 1 aliphatic rings. The SMILES string of the molecule is O=C(NC(=S)Nc1ccc(N2CCCCC2)c(F)c1)c1cccc(F)c1. The van der Waals surface area contributed by atoms with Crippen molar-refractivity contribution in [1.82, 2.24) is 5.32 Å². The molecule has 4 nitrogen and oxygen atoms in total. The molecular weight excluding hydrogens is 356 g/mol. The Hall–Kier alpha value is -2.54. The van der Waals surface area contributed by atoms with E-state index in [0.29, 0.717) is 11.4 Å². The molecule has 1 saturated heterocycles. The number of anilines is 2. The molecule has 2 aromatic carbocycles. The molecule has 2 aromatic rings. The van der Waals surface area contributed by atoms with Gasteiger partial charge in [0.1, 0.15) is 11.6 Å². The lowest BCUT2D eigenvalue weighted by molar-refractivity contribution is 0.0977. The summed E-state index contributed by atoms with van der Waals surface area (Å²) < 4.78 is 27.6. The van der Waals surface area contributed by atoms with Crippen molar-refractivity contribution in [3.05, 3.63) is 59.7 Å². The molecule has 0 aliphatic carbocycles. The van der Waals surface area contributed by atoms with Gasteiger partial charge < -0.3 is 10.2 Å². The van der Waals surface area contributed by atoms with Crippen LogP contribution in [0.1, 0.15) is 29.6 Å². The van der Waals surface area contributed by atoms with E-state index in [9.17, 15) is 13.6 Å². The number of carbonyl (C=O) groups excluding carboxylic acids is 1. The summed E-state index contributed by atoms with van der Waals surface area (Å²) in [7, 11) is 0. The van der Waals surface area contributed by atoms with Crippen LogP contribution in [0.4, 0.5) is 20.2 Å². The first-order valence-electron chi connectivity index (χ1n) is 8.45. The van der Waals surface area contributed by atoms with Crippen molar-refractivity contribution in [3.8, 4) is 0 Å². The molecular formula is C19H19F2N3OS. The smallest absolute Gasteiger partial charge is 0.257 e. The summed E-state index contributed by atoms with van der Waals surface area (Å²) in [6.07, 6.45) is 3.31. The predicted molar refractivity (Wildman–Crippen MR) is 103 cm³/mol. The molecule has 1 fully saturated rings. The highest BCUT2D eigenvalue weighted by Gasteiger charge is 2.15. The number of halogens is 2. The Morgan fingerprint density at radius 3 is 2.50 bits per heavy atom. The molecule has 136 valence electrons. The Morgan fingerprint density at radius 1 is 1.04 bits per heavy atom. The van der Waals surface area contributed by atoms with E-state index >= 15 is 0 Å². The van der Waals surface area contributed by atoms with E-state index in [1.165, 1.54) is 30.7 Å². The van der Waals surface area contributed by atoms with Gasteiger partial charge in [-0.05, 0) is 67.9 Å². The highest BCUT2D eigenvalue weighted by molar-refractivity contribution is 7.80. The minimum Gasteiger partial charge on any atom is -0.369 e. The number of rotatable bonds is 3. The van der Waals surface area contributed by atoms with Crippen molar-refractivity contribution in [2.75, 3.05) is 23.3 Å². The summed E-state index contributed by atoms with van der Waals surface area (Å²) in [4.78, 5) is 14.1. The highest BCUT2D eigenvalue weighted by atomic mass is 32.1. The van der Waals surface area contributed by atoms with E-state index in [2.05, 4.69) is 10.6 Å². The van der Waals surface area contributed by atoms with Crippen molar-refractivity contribution < 1.29 is 13.6 Å². The second-order valence-corrected chi connectivity index (χ2v) is 6.54. The van der Waals surface area contributed by atoms with Crippen LogP contribution in [0.25, 0.3) is 0 Å². The number of nitrogens with one attached hydrogen (secondary N) is 2. The first kappa shape index (κ1) is 18.3. The molecule has 0 spiro atoms. The third-order valence-corrected chi connectivity index (χ3v) is 4.42. The van der Waals surface area contributed by atoms with E-state index in [4.69, 9.17) is 12.2 Å². The molecule has 1 aliphatic heterocycles. The number of carbonyl (C=O) groups is 1. The molecule has 26 heavy (non-hydrogen) atoms. The average molecular weight is 375 g/mol. The van der Waals surface area contributed by atoms with Crippen molar-refractivity contribution in [1.29, 1.82) is 0 Å². The minimum atomic E-state index is -0.535. The van der Waals surface area contributed by atoms with Crippen LogP contribution in [-0.4, -0.2) is 24.1 Å². The van der Waals surface area contributed by atoms with Crippen molar-refractivity contribution in [2.24, 2.45) is 0 Å². The lowest BCUT2D eigenvalue weighted by Gasteiger charge is -2.29. The second-order valence-electron chi connectivity index (χ2n) is 6.13. The number of nitrogens with zero attached hydrogens (tertiary/aromatic N) is 1. The van der Waals surface area contributed by atoms with Crippen LogP contribution < -0.4 is 15.5 Å². The lowest BCUT2D eigenvalue weighted by atomic mass is 10.1. The molecule has 1 heterocycles. The molecule has 0 bridgehead atoms. The van der Waals surface area contributed by atoms with Gasteiger partial charge in [-0.3, -0.25) is 10.1 Å². The van der Waals surface area contributed by atoms with Crippen LogP contribution in [0.5, 0.6) is 0 Å². The molecule has 0 radical (unpaired) electrons. The second kappa shape index (κ2) is 8.23. The third kappa shape index (κ3) is 4.54. The van der Waals surface area contributed by atoms with Gasteiger partial charge in [-0.15, -0.1) is 0 Å². The summed E-state index contributed by atoms with van der Waals surface area (Å²) in [5, 5.41) is 5.24. The van der Waals surface area contributed by atoms with Gasteiger partial charge in [0.2, 0.25) is 0 Å². The minimum absolute atomic E-state index is 0.0179. The number of hydrogen-bond acceptors (Lipinski definition) is 3. The average Bonchev–Trinajstić information content (AvgIpc) is 2.62. The van der Waals surface area contributed by atoms with Crippen molar-refractivity contribution in [3.63, 3.8) is 0 Å². The van der Waals surface area contributed by atoms with E-state index in [1.807, 2.05) is 4.90 Å². The normalized spacial score (nSPS) is 14.0.